The highest BCUT2D eigenvalue weighted by atomic mass is 19.1. The van der Waals surface area contributed by atoms with Crippen LogP contribution in [0.5, 0.6) is 11.5 Å². The maximum atomic E-state index is 13.0. The van der Waals surface area contributed by atoms with E-state index in [4.69, 9.17) is 24.5 Å². The molecule has 1 aliphatic rings. The number of rotatable bonds is 5. The van der Waals surface area contributed by atoms with Gasteiger partial charge in [-0.15, -0.1) is 0 Å². The number of methoxy groups -OCH3 is 1. The molecule has 0 aromatic heterocycles. The molecular formula is C21H25FN2O6. The van der Waals surface area contributed by atoms with Crippen LogP contribution in [0, 0.1) is 5.82 Å². The van der Waals surface area contributed by atoms with Crippen molar-refractivity contribution in [2.75, 3.05) is 33.3 Å². The van der Waals surface area contributed by atoms with Crippen molar-refractivity contribution < 1.29 is 34.0 Å². The van der Waals surface area contributed by atoms with E-state index in [-0.39, 0.29) is 5.82 Å². The minimum Gasteiger partial charge on any atom is -0.508 e. The molecule has 2 aromatic rings. The number of phenolic OH excluding ortho intramolecular Hbond substituents is 1. The van der Waals surface area contributed by atoms with Gasteiger partial charge in [0.1, 0.15) is 17.3 Å². The van der Waals surface area contributed by atoms with Gasteiger partial charge in [0.25, 0.3) is 0 Å². The number of nitrogens with zero attached hydrogens (tertiary/aromatic N) is 2. The van der Waals surface area contributed by atoms with Gasteiger partial charge in [0.2, 0.25) is 0 Å². The highest BCUT2D eigenvalue weighted by Gasteiger charge is 2.18. The van der Waals surface area contributed by atoms with Gasteiger partial charge < -0.3 is 20.1 Å². The molecule has 1 heterocycles. The summed E-state index contributed by atoms with van der Waals surface area (Å²) in [7, 11) is 1.63. The summed E-state index contributed by atoms with van der Waals surface area (Å²) in [5.41, 5.74) is 2.02. The fourth-order valence-electron chi connectivity index (χ4n) is 3.01. The standard InChI is InChI=1S/C19H23FN2O2.C2H2O4/c1-24-18-6-7-19(23)16(12-18)14-22-10-8-21(9-11-22)13-15-2-4-17(20)5-3-15;3-1(4)2(5)6/h2-7,12,23H,8-11,13-14H2,1H3;(H,3,4)(H,5,6). The number of carbonyl (C=O) groups is 2. The lowest BCUT2D eigenvalue weighted by Gasteiger charge is -2.34. The van der Waals surface area contributed by atoms with Gasteiger partial charge >= 0.3 is 11.9 Å². The number of hydrogen-bond acceptors (Lipinski definition) is 6. The zero-order chi connectivity index (χ0) is 22.1. The van der Waals surface area contributed by atoms with Crippen LogP contribution in [0.2, 0.25) is 0 Å². The number of piperazine rings is 1. The second-order valence-electron chi connectivity index (χ2n) is 6.78. The molecule has 0 spiro atoms. The molecule has 8 nitrogen and oxygen atoms in total. The van der Waals surface area contributed by atoms with Crippen molar-refractivity contribution in [3.8, 4) is 11.5 Å². The Bertz CT molecular complexity index is 839. The fourth-order valence-corrected chi connectivity index (χ4v) is 3.01. The second kappa shape index (κ2) is 11.1. The quantitative estimate of drug-likeness (QED) is 0.630. The molecule has 1 aliphatic heterocycles. The van der Waals surface area contributed by atoms with Gasteiger partial charge in [-0.1, -0.05) is 12.1 Å². The van der Waals surface area contributed by atoms with Crippen LogP contribution < -0.4 is 4.74 Å². The molecule has 3 rings (SSSR count). The third-order valence-corrected chi connectivity index (χ3v) is 4.65. The van der Waals surface area contributed by atoms with E-state index in [1.165, 1.54) is 12.1 Å². The SMILES string of the molecule is COc1ccc(O)c(CN2CCN(Cc3ccc(F)cc3)CC2)c1.O=C(O)C(=O)O. The summed E-state index contributed by atoms with van der Waals surface area (Å²) in [5.74, 6) is -2.77. The number of benzene rings is 2. The highest BCUT2D eigenvalue weighted by molar-refractivity contribution is 6.27. The average Bonchev–Trinajstić information content (AvgIpc) is 2.73. The van der Waals surface area contributed by atoms with Crippen molar-refractivity contribution in [2.24, 2.45) is 0 Å². The Kier molecular flexibility index (Phi) is 8.57. The number of carboxylic acid groups (broad SMARTS) is 2. The third-order valence-electron chi connectivity index (χ3n) is 4.65. The van der Waals surface area contributed by atoms with Gasteiger partial charge in [0.05, 0.1) is 7.11 Å². The average molecular weight is 420 g/mol. The lowest BCUT2D eigenvalue weighted by molar-refractivity contribution is -0.159. The molecule has 0 aliphatic carbocycles. The number of carboxylic acids is 2. The van der Waals surface area contributed by atoms with Crippen LogP contribution in [0.4, 0.5) is 4.39 Å². The Labute approximate surface area is 173 Å². The summed E-state index contributed by atoms with van der Waals surface area (Å²) in [6, 6.07) is 12.0. The predicted octanol–water partition coefficient (Wildman–Crippen LogP) is 2.01. The molecule has 0 atom stereocenters. The molecular weight excluding hydrogens is 395 g/mol. The Balaban J connectivity index is 0.000000469. The molecule has 3 N–H and O–H groups in total. The van der Waals surface area contributed by atoms with Gasteiger partial charge in [-0.3, -0.25) is 9.80 Å². The molecule has 9 heteroatoms. The molecule has 2 aromatic carbocycles. The van der Waals surface area contributed by atoms with Crippen LogP contribution in [-0.4, -0.2) is 70.3 Å². The zero-order valence-electron chi connectivity index (χ0n) is 16.6. The van der Waals surface area contributed by atoms with Crippen LogP contribution in [-0.2, 0) is 22.7 Å². The van der Waals surface area contributed by atoms with Crippen molar-refractivity contribution in [3.63, 3.8) is 0 Å². The Hall–Kier alpha value is -3.17. The molecule has 0 bridgehead atoms. The number of ether oxygens (including phenoxy) is 1. The Morgan fingerprint density at radius 1 is 0.933 bits per heavy atom. The third kappa shape index (κ3) is 7.34. The van der Waals surface area contributed by atoms with E-state index in [0.29, 0.717) is 12.3 Å². The van der Waals surface area contributed by atoms with E-state index >= 15 is 0 Å². The van der Waals surface area contributed by atoms with Gasteiger partial charge in [-0.2, -0.15) is 0 Å². The van der Waals surface area contributed by atoms with Gasteiger partial charge in [0.15, 0.2) is 0 Å². The van der Waals surface area contributed by atoms with E-state index in [2.05, 4.69) is 9.80 Å². The van der Waals surface area contributed by atoms with Crippen LogP contribution in [0.15, 0.2) is 42.5 Å². The second-order valence-corrected chi connectivity index (χ2v) is 6.78. The first kappa shape index (κ1) is 23.1. The van der Waals surface area contributed by atoms with Crippen LogP contribution in [0.25, 0.3) is 0 Å². The van der Waals surface area contributed by atoms with Gasteiger partial charge in [-0.25, -0.2) is 14.0 Å². The maximum absolute atomic E-state index is 13.0. The van der Waals surface area contributed by atoms with Crippen molar-refractivity contribution in [3.05, 3.63) is 59.4 Å². The van der Waals surface area contributed by atoms with E-state index in [1.807, 2.05) is 18.2 Å². The number of hydrogen-bond donors (Lipinski definition) is 3. The first-order valence-electron chi connectivity index (χ1n) is 9.29. The molecule has 30 heavy (non-hydrogen) atoms. The lowest BCUT2D eigenvalue weighted by Crippen LogP contribution is -2.45. The summed E-state index contributed by atoms with van der Waals surface area (Å²) >= 11 is 0. The first-order chi connectivity index (χ1) is 14.3. The van der Waals surface area contributed by atoms with Crippen molar-refractivity contribution >= 4 is 11.9 Å². The molecule has 0 saturated carbocycles. The van der Waals surface area contributed by atoms with Gasteiger partial charge in [0, 0.05) is 44.8 Å². The van der Waals surface area contributed by atoms with Crippen molar-refractivity contribution in [1.29, 1.82) is 0 Å². The number of aliphatic carboxylic acids is 2. The van der Waals surface area contributed by atoms with Crippen LogP contribution in [0.3, 0.4) is 0 Å². The van der Waals surface area contributed by atoms with E-state index in [0.717, 1.165) is 49.6 Å². The van der Waals surface area contributed by atoms with Crippen LogP contribution in [0.1, 0.15) is 11.1 Å². The minimum atomic E-state index is -1.82. The molecule has 0 radical (unpaired) electrons. The summed E-state index contributed by atoms with van der Waals surface area (Å²) in [5, 5.41) is 24.8. The predicted molar refractivity (Wildman–Crippen MR) is 107 cm³/mol. The van der Waals surface area contributed by atoms with Crippen LogP contribution >= 0.6 is 0 Å². The molecule has 0 unspecified atom stereocenters. The number of phenols is 1. The minimum absolute atomic E-state index is 0.193. The van der Waals surface area contributed by atoms with Crippen molar-refractivity contribution in [2.45, 2.75) is 13.1 Å². The Morgan fingerprint density at radius 2 is 1.47 bits per heavy atom. The number of halogens is 1. The normalized spacial score (nSPS) is 14.5. The molecule has 1 fully saturated rings. The van der Waals surface area contributed by atoms with E-state index < -0.39 is 11.9 Å². The van der Waals surface area contributed by atoms with E-state index in [1.54, 1.807) is 19.2 Å². The molecule has 1 saturated heterocycles. The Morgan fingerprint density at radius 3 is 1.97 bits per heavy atom. The highest BCUT2D eigenvalue weighted by Crippen LogP contribution is 2.24. The summed E-state index contributed by atoms with van der Waals surface area (Å²) in [4.78, 5) is 22.9. The summed E-state index contributed by atoms with van der Waals surface area (Å²) in [6.07, 6.45) is 0. The maximum Gasteiger partial charge on any atom is 0.414 e. The summed E-state index contributed by atoms with van der Waals surface area (Å²) < 4.78 is 18.2. The molecule has 0 amide bonds. The largest absolute Gasteiger partial charge is 0.508 e. The van der Waals surface area contributed by atoms with E-state index in [9.17, 15) is 9.50 Å². The first-order valence-corrected chi connectivity index (χ1v) is 9.29. The topological polar surface area (TPSA) is 111 Å². The zero-order valence-corrected chi connectivity index (χ0v) is 16.6. The van der Waals surface area contributed by atoms with Crippen molar-refractivity contribution in [1.82, 2.24) is 9.80 Å². The summed E-state index contributed by atoms with van der Waals surface area (Å²) in [6.45, 7) is 5.37. The molecule has 162 valence electrons. The lowest BCUT2D eigenvalue weighted by atomic mass is 10.1. The van der Waals surface area contributed by atoms with Gasteiger partial charge in [-0.05, 0) is 35.9 Å². The fraction of sp³-hybridized carbons (Fsp3) is 0.333. The number of aromatic hydroxyl groups is 1. The monoisotopic (exact) mass is 420 g/mol. The smallest absolute Gasteiger partial charge is 0.414 e.